The molecule has 1 heterocycles. The molecule has 1 amide bonds. The van der Waals surface area contributed by atoms with E-state index in [9.17, 15) is 13.6 Å². The Bertz CT molecular complexity index is 808. The molecule has 0 spiro atoms. The Morgan fingerprint density at radius 3 is 2.54 bits per heavy atom. The van der Waals surface area contributed by atoms with E-state index in [0.717, 1.165) is 62.7 Å². The number of para-hydroxylation sites is 2. The Morgan fingerprint density at radius 1 is 1.07 bits per heavy atom. The van der Waals surface area contributed by atoms with Crippen LogP contribution in [-0.4, -0.2) is 57.2 Å². The molecule has 0 bridgehead atoms. The minimum Gasteiger partial charge on any atom is -0.495 e. The third-order valence-corrected chi connectivity index (χ3v) is 4.92. The highest BCUT2D eigenvalue weighted by Gasteiger charge is 2.19. The monoisotopic (exact) mass is 389 g/mol. The fourth-order valence-corrected chi connectivity index (χ4v) is 3.35. The largest absolute Gasteiger partial charge is 0.495 e. The lowest BCUT2D eigenvalue weighted by Gasteiger charge is -2.36. The summed E-state index contributed by atoms with van der Waals surface area (Å²) in [7, 11) is 1.68. The number of piperazine rings is 1. The number of ether oxygens (including phenoxy) is 1. The van der Waals surface area contributed by atoms with Crippen LogP contribution in [0.3, 0.4) is 0 Å². The maximum absolute atomic E-state index is 13.2. The van der Waals surface area contributed by atoms with Crippen LogP contribution in [0.5, 0.6) is 5.75 Å². The quantitative estimate of drug-likeness (QED) is 0.740. The first-order valence-corrected chi connectivity index (χ1v) is 9.42. The van der Waals surface area contributed by atoms with Gasteiger partial charge in [0.1, 0.15) is 5.75 Å². The van der Waals surface area contributed by atoms with E-state index in [1.165, 1.54) is 6.07 Å². The van der Waals surface area contributed by atoms with Crippen molar-refractivity contribution in [2.75, 3.05) is 51.3 Å². The molecule has 2 aromatic rings. The number of benzene rings is 2. The lowest BCUT2D eigenvalue weighted by Crippen LogP contribution is -2.47. The topological polar surface area (TPSA) is 44.8 Å². The zero-order chi connectivity index (χ0) is 19.9. The van der Waals surface area contributed by atoms with Gasteiger partial charge in [0.15, 0.2) is 11.6 Å². The Morgan fingerprint density at radius 2 is 1.82 bits per heavy atom. The van der Waals surface area contributed by atoms with Crippen molar-refractivity contribution in [3.05, 3.63) is 59.7 Å². The Labute approximate surface area is 163 Å². The van der Waals surface area contributed by atoms with Crippen LogP contribution in [0.1, 0.15) is 16.8 Å². The number of carbonyl (C=O) groups excluding carboxylic acids is 1. The van der Waals surface area contributed by atoms with Crippen LogP contribution in [0.25, 0.3) is 0 Å². The number of nitrogens with one attached hydrogen (secondary N) is 1. The van der Waals surface area contributed by atoms with Crippen molar-refractivity contribution in [3.8, 4) is 5.75 Å². The first kappa shape index (κ1) is 20.1. The predicted octanol–water partition coefficient (Wildman–Crippen LogP) is 2.92. The smallest absolute Gasteiger partial charge is 0.251 e. The minimum atomic E-state index is -1.01. The second-order valence-corrected chi connectivity index (χ2v) is 6.74. The standard InChI is InChI=1S/C21H25F2N3O2/c1-28-20-6-3-2-5-19(20)26-13-11-25(12-14-26)10-4-9-24-21(27)16-7-8-17(22)18(23)15-16/h2-3,5-8,15H,4,9-14H2,1H3,(H,24,27). The van der Waals surface area contributed by atoms with E-state index in [1.54, 1.807) is 7.11 Å². The molecule has 1 N–H and O–H groups in total. The number of carbonyl (C=O) groups is 1. The number of amides is 1. The van der Waals surface area contributed by atoms with Crippen LogP contribution in [0, 0.1) is 11.6 Å². The van der Waals surface area contributed by atoms with Gasteiger partial charge < -0.3 is 15.0 Å². The van der Waals surface area contributed by atoms with Gasteiger partial charge in [0, 0.05) is 38.3 Å². The molecular formula is C21H25F2N3O2. The van der Waals surface area contributed by atoms with Gasteiger partial charge in [0.25, 0.3) is 5.91 Å². The van der Waals surface area contributed by atoms with Gasteiger partial charge in [-0.05, 0) is 43.3 Å². The third-order valence-electron chi connectivity index (χ3n) is 4.92. The van der Waals surface area contributed by atoms with Gasteiger partial charge in [-0.3, -0.25) is 9.69 Å². The molecule has 150 valence electrons. The van der Waals surface area contributed by atoms with E-state index in [1.807, 2.05) is 18.2 Å². The van der Waals surface area contributed by atoms with Crippen LogP contribution in [0.4, 0.5) is 14.5 Å². The Hall–Kier alpha value is -2.67. The van der Waals surface area contributed by atoms with E-state index in [0.29, 0.717) is 6.54 Å². The third kappa shape index (κ3) is 4.98. The molecule has 1 saturated heterocycles. The first-order valence-electron chi connectivity index (χ1n) is 9.42. The Balaban J connectivity index is 1.39. The van der Waals surface area contributed by atoms with E-state index in [2.05, 4.69) is 21.2 Å². The van der Waals surface area contributed by atoms with Gasteiger partial charge >= 0.3 is 0 Å². The molecule has 28 heavy (non-hydrogen) atoms. The zero-order valence-corrected chi connectivity index (χ0v) is 16.0. The molecule has 3 rings (SSSR count). The number of nitrogens with zero attached hydrogens (tertiary/aromatic N) is 2. The van der Waals surface area contributed by atoms with Crippen LogP contribution in [-0.2, 0) is 0 Å². The van der Waals surface area contributed by atoms with Gasteiger partial charge in [-0.2, -0.15) is 0 Å². The van der Waals surface area contributed by atoms with E-state index >= 15 is 0 Å². The number of rotatable bonds is 7. The van der Waals surface area contributed by atoms with Crippen molar-refractivity contribution in [3.63, 3.8) is 0 Å². The summed E-state index contributed by atoms with van der Waals surface area (Å²) in [6.45, 7) is 5.08. The van der Waals surface area contributed by atoms with Crippen molar-refractivity contribution in [1.82, 2.24) is 10.2 Å². The maximum atomic E-state index is 13.2. The summed E-state index contributed by atoms with van der Waals surface area (Å²) in [5.74, 6) is -1.47. The maximum Gasteiger partial charge on any atom is 0.251 e. The molecule has 1 aliphatic heterocycles. The molecule has 0 radical (unpaired) electrons. The number of hydrogen-bond acceptors (Lipinski definition) is 4. The summed E-state index contributed by atoms with van der Waals surface area (Å²) in [6.07, 6.45) is 0.796. The van der Waals surface area contributed by atoms with Crippen molar-refractivity contribution < 1.29 is 18.3 Å². The van der Waals surface area contributed by atoms with Crippen LogP contribution in [0.2, 0.25) is 0 Å². The highest BCUT2D eigenvalue weighted by molar-refractivity contribution is 5.94. The first-order chi connectivity index (χ1) is 13.6. The highest BCUT2D eigenvalue weighted by Crippen LogP contribution is 2.28. The molecule has 0 atom stereocenters. The summed E-state index contributed by atoms with van der Waals surface area (Å²) in [4.78, 5) is 16.7. The summed E-state index contributed by atoms with van der Waals surface area (Å²) >= 11 is 0. The Kier molecular flexibility index (Phi) is 6.81. The number of halogens is 2. The average Bonchev–Trinajstić information content (AvgIpc) is 2.73. The van der Waals surface area contributed by atoms with Crippen molar-refractivity contribution in [2.24, 2.45) is 0 Å². The molecule has 1 aliphatic rings. The van der Waals surface area contributed by atoms with E-state index in [4.69, 9.17) is 4.74 Å². The van der Waals surface area contributed by atoms with Gasteiger partial charge in [-0.25, -0.2) is 8.78 Å². The van der Waals surface area contributed by atoms with Crippen molar-refractivity contribution >= 4 is 11.6 Å². The summed E-state index contributed by atoms with van der Waals surface area (Å²) < 4.78 is 31.6. The summed E-state index contributed by atoms with van der Waals surface area (Å²) in [5.41, 5.74) is 1.24. The highest BCUT2D eigenvalue weighted by atomic mass is 19.2. The van der Waals surface area contributed by atoms with Gasteiger partial charge in [0.2, 0.25) is 0 Å². The van der Waals surface area contributed by atoms with Crippen LogP contribution >= 0.6 is 0 Å². The average molecular weight is 389 g/mol. The summed E-state index contributed by atoms with van der Waals surface area (Å²) in [5, 5.41) is 2.75. The molecule has 0 aliphatic carbocycles. The second-order valence-electron chi connectivity index (χ2n) is 6.74. The lowest BCUT2D eigenvalue weighted by atomic mass is 10.2. The SMILES string of the molecule is COc1ccccc1N1CCN(CCCNC(=O)c2ccc(F)c(F)c2)CC1. The predicted molar refractivity (Wildman–Crippen MR) is 105 cm³/mol. The molecule has 0 aromatic heterocycles. The minimum absolute atomic E-state index is 0.129. The number of hydrogen-bond donors (Lipinski definition) is 1. The van der Waals surface area contributed by atoms with Crippen LogP contribution < -0.4 is 15.0 Å². The van der Waals surface area contributed by atoms with Gasteiger partial charge in [0.05, 0.1) is 12.8 Å². The van der Waals surface area contributed by atoms with Crippen molar-refractivity contribution in [1.29, 1.82) is 0 Å². The molecule has 2 aromatic carbocycles. The molecule has 7 heteroatoms. The fourth-order valence-electron chi connectivity index (χ4n) is 3.35. The second kappa shape index (κ2) is 9.50. The molecule has 0 unspecified atom stereocenters. The fraction of sp³-hybridized carbons (Fsp3) is 0.381. The summed E-state index contributed by atoms with van der Waals surface area (Å²) in [6, 6.07) is 11.2. The number of methoxy groups -OCH3 is 1. The van der Waals surface area contributed by atoms with Crippen LogP contribution in [0.15, 0.2) is 42.5 Å². The van der Waals surface area contributed by atoms with Crippen molar-refractivity contribution in [2.45, 2.75) is 6.42 Å². The molecule has 5 nitrogen and oxygen atoms in total. The normalized spacial score (nSPS) is 14.8. The van der Waals surface area contributed by atoms with Gasteiger partial charge in [-0.1, -0.05) is 12.1 Å². The molecule has 0 saturated carbocycles. The lowest BCUT2D eigenvalue weighted by molar-refractivity contribution is 0.0951. The van der Waals surface area contributed by atoms with Gasteiger partial charge in [-0.15, -0.1) is 0 Å². The molecule has 1 fully saturated rings. The number of anilines is 1. The zero-order valence-electron chi connectivity index (χ0n) is 16.0. The van der Waals surface area contributed by atoms with E-state index in [-0.39, 0.29) is 11.5 Å². The molecular weight excluding hydrogens is 364 g/mol. The van der Waals surface area contributed by atoms with E-state index < -0.39 is 11.6 Å².